The van der Waals surface area contributed by atoms with Crippen LogP contribution in [0.3, 0.4) is 0 Å². The van der Waals surface area contributed by atoms with Crippen molar-refractivity contribution in [2.75, 3.05) is 33.8 Å². The van der Waals surface area contributed by atoms with Gasteiger partial charge in [-0.15, -0.1) is 0 Å². The Hall–Kier alpha value is -2.37. The Bertz CT molecular complexity index is 947. The van der Waals surface area contributed by atoms with Gasteiger partial charge in [0.15, 0.2) is 0 Å². The molecular formula is C28H38N2O3. The van der Waals surface area contributed by atoms with Crippen LogP contribution in [0.1, 0.15) is 49.0 Å². The zero-order valence-corrected chi connectivity index (χ0v) is 20.4. The minimum Gasteiger partial charge on any atom is -0.497 e. The van der Waals surface area contributed by atoms with E-state index in [2.05, 4.69) is 44.0 Å². The molecule has 0 radical (unpaired) electrons. The zero-order valence-electron chi connectivity index (χ0n) is 20.4. The van der Waals surface area contributed by atoms with E-state index < -0.39 is 6.10 Å². The van der Waals surface area contributed by atoms with Crippen molar-refractivity contribution < 1.29 is 14.6 Å². The molecule has 33 heavy (non-hydrogen) atoms. The summed E-state index contributed by atoms with van der Waals surface area (Å²) < 4.78 is 5.56. The highest BCUT2D eigenvalue weighted by Crippen LogP contribution is 2.50. The van der Waals surface area contributed by atoms with Gasteiger partial charge in [-0.3, -0.25) is 4.79 Å². The molecule has 1 saturated heterocycles. The second-order valence-corrected chi connectivity index (χ2v) is 10.4. The minimum absolute atomic E-state index is 0.0130. The van der Waals surface area contributed by atoms with E-state index in [1.165, 1.54) is 5.56 Å². The molecule has 0 bridgehead atoms. The molecule has 1 amide bonds. The third-order valence-corrected chi connectivity index (χ3v) is 7.66. The number of likely N-dealkylation sites (tertiary alicyclic amines) is 1. The molecule has 1 saturated carbocycles. The van der Waals surface area contributed by atoms with Gasteiger partial charge in [-0.25, -0.2) is 0 Å². The predicted molar refractivity (Wildman–Crippen MR) is 132 cm³/mol. The number of carbonyl (C=O) groups is 1. The molecule has 0 aromatic heterocycles. The second-order valence-electron chi connectivity index (χ2n) is 10.4. The van der Waals surface area contributed by atoms with Crippen LogP contribution in [0.2, 0.25) is 0 Å². The van der Waals surface area contributed by atoms with E-state index in [-0.39, 0.29) is 23.3 Å². The molecule has 4 atom stereocenters. The van der Waals surface area contributed by atoms with Gasteiger partial charge >= 0.3 is 0 Å². The summed E-state index contributed by atoms with van der Waals surface area (Å²) in [5.74, 6) is 1.38. The SMILES string of the molecule is COc1cccc(C23CCN(C)CC2C(O)C[C@@H](N(CC(C)C)C(=O)c2ccccc2)C3)c1. The molecule has 4 rings (SSSR count). The molecule has 2 aliphatic rings. The van der Waals surface area contributed by atoms with Crippen LogP contribution in [0.4, 0.5) is 0 Å². The van der Waals surface area contributed by atoms with Crippen LogP contribution in [-0.2, 0) is 5.41 Å². The van der Waals surface area contributed by atoms with Crippen molar-refractivity contribution in [3.05, 3.63) is 65.7 Å². The van der Waals surface area contributed by atoms with E-state index >= 15 is 0 Å². The molecule has 1 aliphatic heterocycles. The normalized spacial score (nSPS) is 27.8. The second kappa shape index (κ2) is 9.86. The van der Waals surface area contributed by atoms with Gasteiger partial charge in [-0.1, -0.05) is 44.2 Å². The number of carbonyl (C=O) groups excluding carboxylic acids is 1. The van der Waals surface area contributed by atoms with Crippen LogP contribution >= 0.6 is 0 Å². The maximum absolute atomic E-state index is 13.7. The number of hydrogen-bond acceptors (Lipinski definition) is 4. The molecule has 2 aromatic carbocycles. The zero-order chi connectivity index (χ0) is 23.6. The Labute approximate surface area is 198 Å². The largest absolute Gasteiger partial charge is 0.497 e. The molecule has 1 heterocycles. The standard InChI is InChI=1S/C28H38N2O3/c1-20(2)18-30(27(32)21-9-6-5-7-10-21)23-16-26(31)25-19-29(3)14-13-28(25,17-23)22-11-8-12-24(15-22)33-4/h5-12,15,20,23,25-26,31H,13-14,16-19H2,1-4H3/t23-,25?,26?,28?/m1/s1. The summed E-state index contributed by atoms with van der Waals surface area (Å²) in [6, 6.07) is 17.9. The first-order valence-electron chi connectivity index (χ1n) is 12.2. The van der Waals surface area contributed by atoms with E-state index in [1.54, 1.807) is 7.11 Å². The average Bonchev–Trinajstić information content (AvgIpc) is 2.83. The third kappa shape index (κ3) is 4.80. The Morgan fingerprint density at radius 1 is 1.21 bits per heavy atom. The fraction of sp³-hybridized carbons (Fsp3) is 0.536. The Morgan fingerprint density at radius 2 is 1.97 bits per heavy atom. The van der Waals surface area contributed by atoms with Crippen molar-refractivity contribution >= 4 is 5.91 Å². The highest BCUT2D eigenvalue weighted by atomic mass is 16.5. The van der Waals surface area contributed by atoms with E-state index in [4.69, 9.17) is 4.74 Å². The third-order valence-electron chi connectivity index (χ3n) is 7.66. The lowest BCUT2D eigenvalue weighted by Crippen LogP contribution is -2.61. The quantitative estimate of drug-likeness (QED) is 0.717. The molecule has 5 heteroatoms. The summed E-state index contributed by atoms with van der Waals surface area (Å²) in [4.78, 5) is 18.0. The molecule has 5 nitrogen and oxygen atoms in total. The molecule has 3 unspecified atom stereocenters. The monoisotopic (exact) mass is 450 g/mol. The molecular weight excluding hydrogens is 412 g/mol. The van der Waals surface area contributed by atoms with Crippen LogP contribution in [0.25, 0.3) is 0 Å². The summed E-state index contributed by atoms with van der Waals surface area (Å²) in [7, 11) is 3.84. The van der Waals surface area contributed by atoms with Crippen molar-refractivity contribution in [3.8, 4) is 5.75 Å². The maximum atomic E-state index is 13.7. The Balaban J connectivity index is 1.74. The number of ether oxygens (including phenoxy) is 1. The molecule has 2 fully saturated rings. The van der Waals surface area contributed by atoms with Crippen LogP contribution in [0.5, 0.6) is 5.75 Å². The molecule has 1 N–H and O–H groups in total. The summed E-state index contributed by atoms with van der Waals surface area (Å²) >= 11 is 0. The topological polar surface area (TPSA) is 53.0 Å². The molecule has 1 aliphatic carbocycles. The lowest BCUT2D eigenvalue weighted by Gasteiger charge is -2.56. The van der Waals surface area contributed by atoms with E-state index in [0.717, 1.165) is 31.7 Å². The number of fused-ring (bicyclic) bond motifs is 1. The van der Waals surface area contributed by atoms with Gasteiger partial charge in [-0.05, 0) is 68.6 Å². The van der Waals surface area contributed by atoms with Gasteiger partial charge in [0.2, 0.25) is 0 Å². The minimum atomic E-state index is -0.462. The van der Waals surface area contributed by atoms with Crippen LogP contribution in [-0.4, -0.2) is 66.8 Å². The first-order valence-corrected chi connectivity index (χ1v) is 12.2. The van der Waals surface area contributed by atoms with Gasteiger partial charge in [0.25, 0.3) is 5.91 Å². The number of nitrogens with zero attached hydrogens (tertiary/aromatic N) is 2. The lowest BCUT2D eigenvalue weighted by atomic mass is 9.56. The van der Waals surface area contributed by atoms with E-state index in [0.29, 0.717) is 24.4 Å². The summed E-state index contributed by atoms with van der Waals surface area (Å²) in [5, 5.41) is 11.5. The number of hydrogen-bond donors (Lipinski definition) is 1. The number of piperidine rings is 1. The number of benzene rings is 2. The molecule has 2 aromatic rings. The highest BCUT2D eigenvalue weighted by Gasteiger charge is 2.53. The first-order chi connectivity index (χ1) is 15.8. The van der Waals surface area contributed by atoms with Crippen molar-refractivity contribution in [2.45, 2.75) is 50.7 Å². The first kappa shape index (κ1) is 23.8. The van der Waals surface area contributed by atoms with Crippen molar-refractivity contribution in [2.24, 2.45) is 11.8 Å². The fourth-order valence-electron chi connectivity index (χ4n) is 6.05. The Kier molecular flexibility index (Phi) is 7.10. The van der Waals surface area contributed by atoms with Crippen LogP contribution < -0.4 is 4.74 Å². The number of methoxy groups -OCH3 is 1. The van der Waals surface area contributed by atoms with Gasteiger partial charge in [-0.2, -0.15) is 0 Å². The van der Waals surface area contributed by atoms with Crippen LogP contribution in [0, 0.1) is 11.8 Å². The number of amides is 1. The smallest absolute Gasteiger partial charge is 0.254 e. The van der Waals surface area contributed by atoms with Crippen molar-refractivity contribution in [1.82, 2.24) is 9.80 Å². The Morgan fingerprint density at radius 3 is 2.67 bits per heavy atom. The summed E-state index contributed by atoms with van der Waals surface area (Å²) in [6.45, 7) is 6.83. The number of rotatable bonds is 6. The molecule has 0 spiro atoms. The van der Waals surface area contributed by atoms with E-state index in [1.807, 2.05) is 41.3 Å². The average molecular weight is 451 g/mol. The summed E-state index contributed by atoms with van der Waals surface area (Å²) in [5.41, 5.74) is 1.75. The van der Waals surface area contributed by atoms with Gasteiger partial charge < -0.3 is 19.6 Å². The van der Waals surface area contributed by atoms with Crippen molar-refractivity contribution in [1.29, 1.82) is 0 Å². The molecule has 178 valence electrons. The van der Waals surface area contributed by atoms with Gasteiger partial charge in [0.1, 0.15) is 5.75 Å². The maximum Gasteiger partial charge on any atom is 0.254 e. The fourth-order valence-corrected chi connectivity index (χ4v) is 6.05. The van der Waals surface area contributed by atoms with E-state index in [9.17, 15) is 9.90 Å². The lowest BCUT2D eigenvalue weighted by molar-refractivity contribution is -0.0606. The summed E-state index contributed by atoms with van der Waals surface area (Å²) in [6.07, 6.45) is 1.98. The van der Waals surface area contributed by atoms with Gasteiger partial charge in [0, 0.05) is 36.0 Å². The van der Waals surface area contributed by atoms with Gasteiger partial charge in [0.05, 0.1) is 13.2 Å². The highest BCUT2D eigenvalue weighted by molar-refractivity contribution is 5.94. The number of aliphatic hydroxyl groups is 1. The van der Waals surface area contributed by atoms with Crippen LogP contribution in [0.15, 0.2) is 54.6 Å². The van der Waals surface area contributed by atoms with Crippen molar-refractivity contribution in [3.63, 3.8) is 0 Å². The predicted octanol–water partition coefficient (Wildman–Crippen LogP) is 4.21. The number of aliphatic hydroxyl groups excluding tert-OH is 1.